The summed E-state index contributed by atoms with van der Waals surface area (Å²) in [7, 11) is 1.26. The summed E-state index contributed by atoms with van der Waals surface area (Å²) in [5.74, 6) is -0.684. The molecule has 9 heteroatoms. The second-order valence-corrected chi connectivity index (χ2v) is 5.87. The molecule has 1 unspecified atom stereocenters. The predicted molar refractivity (Wildman–Crippen MR) is 97.6 cm³/mol. The summed E-state index contributed by atoms with van der Waals surface area (Å²) in [6.07, 6.45) is -0.0937. The lowest BCUT2D eigenvalue weighted by Gasteiger charge is -2.19. The van der Waals surface area contributed by atoms with Crippen molar-refractivity contribution in [3.8, 4) is 5.75 Å². The maximum absolute atomic E-state index is 12.2. The number of amides is 1. The number of hydrogen-bond acceptors (Lipinski definition) is 6. The highest BCUT2D eigenvalue weighted by atomic mass is 35.5. The highest BCUT2D eigenvalue weighted by Crippen LogP contribution is 2.25. The second kappa shape index (κ2) is 9.54. The standard InChI is InChI=1S/C18H17ClN2O6/c1-26-18(23)10-16(14-4-2-3-5-15(14)19)20-17(22)11-27-13-8-6-12(7-9-13)21(24)25/h2-9,16H,10-11H2,1H3,(H,20,22). The third kappa shape index (κ3) is 5.96. The van der Waals surface area contributed by atoms with Gasteiger partial charge in [0.15, 0.2) is 6.61 Å². The van der Waals surface area contributed by atoms with Gasteiger partial charge in [-0.05, 0) is 23.8 Å². The van der Waals surface area contributed by atoms with Gasteiger partial charge >= 0.3 is 5.97 Å². The fourth-order valence-corrected chi connectivity index (χ4v) is 2.56. The molecular formula is C18H17ClN2O6. The van der Waals surface area contributed by atoms with Crippen LogP contribution in [-0.2, 0) is 14.3 Å². The Kier molecular flexibility index (Phi) is 7.13. The molecule has 0 saturated carbocycles. The zero-order valence-electron chi connectivity index (χ0n) is 14.4. The SMILES string of the molecule is COC(=O)CC(NC(=O)COc1ccc([N+](=O)[O-])cc1)c1ccccc1Cl. The predicted octanol–water partition coefficient (Wildman–Crippen LogP) is 3.05. The molecule has 1 amide bonds. The van der Waals surface area contributed by atoms with E-state index < -0.39 is 22.8 Å². The zero-order valence-corrected chi connectivity index (χ0v) is 15.1. The van der Waals surface area contributed by atoms with E-state index in [0.717, 1.165) is 0 Å². The van der Waals surface area contributed by atoms with Gasteiger partial charge in [-0.1, -0.05) is 29.8 Å². The first-order valence-corrected chi connectivity index (χ1v) is 8.26. The van der Waals surface area contributed by atoms with E-state index >= 15 is 0 Å². The molecule has 0 saturated heterocycles. The number of nitrogens with one attached hydrogen (secondary N) is 1. The van der Waals surface area contributed by atoms with Gasteiger partial charge in [-0.15, -0.1) is 0 Å². The van der Waals surface area contributed by atoms with Crippen LogP contribution in [0.3, 0.4) is 0 Å². The van der Waals surface area contributed by atoms with Crippen LogP contribution in [0.5, 0.6) is 5.75 Å². The van der Waals surface area contributed by atoms with E-state index in [9.17, 15) is 19.7 Å². The van der Waals surface area contributed by atoms with Crippen LogP contribution in [0.25, 0.3) is 0 Å². The van der Waals surface area contributed by atoms with Crippen molar-refractivity contribution in [3.05, 3.63) is 69.2 Å². The Hall–Kier alpha value is -3.13. The van der Waals surface area contributed by atoms with Crippen LogP contribution in [-0.4, -0.2) is 30.5 Å². The van der Waals surface area contributed by atoms with Crippen LogP contribution in [0.1, 0.15) is 18.0 Å². The number of ether oxygens (including phenoxy) is 2. The summed E-state index contributed by atoms with van der Waals surface area (Å²) in [4.78, 5) is 34.0. The van der Waals surface area contributed by atoms with Crippen LogP contribution in [0.4, 0.5) is 5.69 Å². The summed E-state index contributed by atoms with van der Waals surface area (Å²) in [6.45, 7) is -0.333. The minimum atomic E-state index is -0.681. The number of rotatable bonds is 8. The van der Waals surface area contributed by atoms with Crippen LogP contribution >= 0.6 is 11.6 Å². The number of nitro groups is 1. The van der Waals surface area contributed by atoms with E-state index in [1.54, 1.807) is 24.3 Å². The molecule has 0 spiro atoms. The molecule has 2 aromatic rings. The lowest BCUT2D eigenvalue weighted by atomic mass is 10.0. The molecule has 1 atom stereocenters. The Balaban J connectivity index is 2.01. The number of carbonyl (C=O) groups excluding carboxylic acids is 2. The van der Waals surface area contributed by atoms with E-state index in [1.165, 1.54) is 31.4 Å². The van der Waals surface area contributed by atoms with Crippen LogP contribution in [0, 0.1) is 10.1 Å². The molecule has 0 aliphatic rings. The van der Waals surface area contributed by atoms with Gasteiger partial charge < -0.3 is 14.8 Å². The number of halogens is 1. The summed E-state index contributed by atoms with van der Waals surface area (Å²) >= 11 is 6.15. The third-order valence-corrected chi connectivity index (χ3v) is 3.98. The fraction of sp³-hybridized carbons (Fsp3) is 0.222. The molecule has 0 aliphatic heterocycles. The molecule has 0 aliphatic carbocycles. The van der Waals surface area contributed by atoms with E-state index in [-0.39, 0.29) is 18.7 Å². The Morgan fingerprint density at radius 3 is 2.44 bits per heavy atom. The van der Waals surface area contributed by atoms with E-state index in [0.29, 0.717) is 16.3 Å². The van der Waals surface area contributed by atoms with Crippen molar-refractivity contribution in [1.82, 2.24) is 5.32 Å². The molecule has 0 heterocycles. The van der Waals surface area contributed by atoms with Gasteiger partial charge in [-0.3, -0.25) is 19.7 Å². The molecule has 2 rings (SSSR count). The summed E-state index contributed by atoms with van der Waals surface area (Å²) in [5, 5.41) is 13.7. The average Bonchev–Trinajstić information content (AvgIpc) is 2.66. The van der Waals surface area contributed by atoms with Crippen molar-refractivity contribution < 1.29 is 24.0 Å². The van der Waals surface area contributed by atoms with Gasteiger partial charge in [0.25, 0.3) is 11.6 Å². The third-order valence-electron chi connectivity index (χ3n) is 3.63. The first-order chi connectivity index (χ1) is 12.9. The monoisotopic (exact) mass is 392 g/mol. The quantitative estimate of drug-likeness (QED) is 0.420. The number of benzene rings is 2. The normalized spacial score (nSPS) is 11.3. The van der Waals surface area contributed by atoms with Crippen molar-refractivity contribution in [1.29, 1.82) is 0 Å². The minimum absolute atomic E-state index is 0.0799. The van der Waals surface area contributed by atoms with Crippen molar-refractivity contribution >= 4 is 29.2 Å². The lowest BCUT2D eigenvalue weighted by molar-refractivity contribution is -0.384. The largest absolute Gasteiger partial charge is 0.484 e. The van der Waals surface area contributed by atoms with E-state index in [1.807, 2.05) is 0 Å². The van der Waals surface area contributed by atoms with Crippen LogP contribution < -0.4 is 10.1 Å². The van der Waals surface area contributed by atoms with Gasteiger partial charge in [0.2, 0.25) is 0 Å². The zero-order chi connectivity index (χ0) is 19.8. The summed E-state index contributed by atoms with van der Waals surface area (Å²) < 4.78 is 9.98. The first kappa shape index (κ1) is 20.2. The van der Waals surface area contributed by atoms with E-state index in [2.05, 4.69) is 10.1 Å². The number of hydrogen-bond donors (Lipinski definition) is 1. The number of esters is 1. The van der Waals surface area contributed by atoms with Crippen molar-refractivity contribution in [3.63, 3.8) is 0 Å². The van der Waals surface area contributed by atoms with Gasteiger partial charge in [0.05, 0.1) is 24.5 Å². The molecule has 142 valence electrons. The molecule has 0 aromatic heterocycles. The summed E-state index contributed by atoms with van der Waals surface area (Å²) in [6, 6.07) is 11.5. The molecular weight excluding hydrogens is 376 g/mol. The highest BCUT2D eigenvalue weighted by Gasteiger charge is 2.21. The number of carbonyl (C=O) groups is 2. The highest BCUT2D eigenvalue weighted by molar-refractivity contribution is 6.31. The molecule has 1 N–H and O–H groups in total. The average molecular weight is 393 g/mol. The van der Waals surface area contributed by atoms with Crippen LogP contribution in [0.15, 0.2) is 48.5 Å². The Bertz CT molecular complexity index is 825. The van der Waals surface area contributed by atoms with Crippen molar-refractivity contribution in [2.75, 3.05) is 13.7 Å². The summed E-state index contributed by atoms with van der Waals surface area (Å²) in [5.41, 5.74) is 0.497. The Morgan fingerprint density at radius 2 is 1.85 bits per heavy atom. The maximum atomic E-state index is 12.2. The van der Waals surface area contributed by atoms with Gasteiger partial charge in [-0.25, -0.2) is 0 Å². The molecule has 0 fully saturated rings. The van der Waals surface area contributed by atoms with E-state index in [4.69, 9.17) is 16.3 Å². The Labute approximate surface area is 160 Å². The fourth-order valence-electron chi connectivity index (χ4n) is 2.30. The second-order valence-electron chi connectivity index (χ2n) is 5.46. The number of nitrogens with zero attached hydrogens (tertiary/aromatic N) is 1. The van der Waals surface area contributed by atoms with Crippen molar-refractivity contribution in [2.45, 2.75) is 12.5 Å². The molecule has 0 radical (unpaired) electrons. The molecule has 8 nitrogen and oxygen atoms in total. The van der Waals surface area contributed by atoms with Gasteiger partial charge in [0, 0.05) is 17.2 Å². The van der Waals surface area contributed by atoms with Gasteiger partial charge in [-0.2, -0.15) is 0 Å². The molecule has 2 aromatic carbocycles. The molecule has 0 bridgehead atoms. The lowest BCUT2D eigenvalue weighted by Crippen LogP contribution is -2.34. The van der Waals surface area contributed by atoms with Crippen molar-refractivity contribution in [2.24, 2.45) is 0 Å². The Morgan fingerprint density at radius 1 is 1.19 bits per heavy atom. The molecule has 27 heavy (non-hydrogen) atoms. The smallest absolute Gasteiger partial charge is 0.307 e. The number of methoxy groups -OCH3 is 1. The number of non-ortho nitro benzene ring substituents is 1. The minimum Gasteiger partial charge on any atom is -0.484 e. The number of nitro benzene ring substituents is 1. The first-order valence-electron chi connectivity index (χ1n) is 7.88. The van der Waals surface area contributed by atoms with Gasteiger partial charge in [0.1, 0.15) is 5.75 Å². The van der Waals surface area contributed by atoms with Crippen LogP contribution in [0.2, 0.25) is 5.02 Å². The topological polar surface area (TPSA) is 108 Å². The maximum Gasteiger partial charge on any atom is 0.307 e.